The van der Waals surface area contributed by atoms with E-state index in [1.54, 1.807) is 27.8 Å². The Morgan fingerprint density at radius 2 is 2.00 bits per heavy atom. The minimum absolute atomic E-state index is 0.0850. The number of carbonyl (C=O) groups excluding carboxylic acids is 2. The van der Waals surface area contributed by atoms with E-state index in [-0.39, 0.29) is 23.7 Å². The molecule has 0 aliphatic rings. The molecule has 0 amide bonds. The Balaban J connectivity index is 2.69. The van der Waals surface area contributed by atoms with Crippen LogP contribution in [-0.2, 0) is 11.8 Å². The number of hydrogen-bond acceptors (Lipinski definition) is 4. The topological polar surface area (TPSA) is 64.8 Å². The number of nitrogens with zero attached hydrogens (tertiary/aromatic N) is 3. The summed E-state index contributed by atoms with van der Waals surface area (Å²) in [6, 6.07) is 0. The van der Waals surface area contributed by atoms with E-state index in [9.17, 15) is 9.59 Å². The zero-order valence-corrected chi connectivity index (χ0v) is 9.44. The van der Waals surface area contributed by atoms with Gasteiger partial charge in [-0.15, -0.1) is 5.10 Å². The van der Waals surface area contributed by atoms with Gasteiger partial charge in [0.1, 0.15) is 11.5 Å². The first-order valence-corrected chi connectivity index (χ1v) is 4.73. The molecule has 1 rings (SSSR count). The van der Waals surface area contributed by atoms with Crippen molar-refractivity contribution < 1.29 is 9.59 Å². The van der Waals surface area contributed by atoms with Gasteiger partial charge < -0.3 is 0 Å². The molecule has 1 heterocycles. The van der Waals surface area contributed by atoms with Crippen molar-refractivity contribution in [3.63, 3.8) is 0 Å². The third-order valence-corrected chi connectivity index (χ3v) is 2.05. The third-order valence-electron chi connectivity index (χ3n) is 2.05. The van der Waals surface area contributed by atoms with Gasteiger partial charge in [0, 0.05) is 12.5 Å². The van der Waals surface area contributed by atoms with Crippen LogP contribution in [-0.4, -0.2) is 26.6 Å². The summed E-state index contributed by atoms with van der Waals surface area (Å²) in [5.41, 5.74) is -0.243. The van der Waals surface area contributed by atoms with Gasteiger partial charge in [0.25, 0.3) is 0 Å². The molecule has 0 aliphatic heterocycles. The molecule has 0 saturated heterocycles. The number of Topliss-reactive ketones (excluding diaryl/α,β-unsaturated/α-hetero) is 2. The fourth-order valence-corrected chi connectivity index (χ4v) is 0.977. The fraction of sp³-hybridized carbons (Fsp3) is 0.600. The van der Waals surface area contributed by atoms with E-state index in [0.717, 1.165) is 0 Å². The Morgan fingerprint density at radius 3 is 2.40 bits per heavy atom. The quantitative estimate of drug-likeness (QED) is 0.550. The van der Waals surface area contributed by atoms with Crippen LogP contribution in [0, 0.1) is 5.41 Å². The lowest BCUT2D eigenvalue weighted by Gasteiger charge is -2.14. The highest BCUT2D eigenvalue weighted by Gasteiger charge is 2.25. The van der Waals surface area contributed by atoms with E-state index >= 15 is 0 Å². The monoisotopic (exact) mass is 209 g/mol. The van der Waals surface area contributed by atoms with E-state index < -0.39 is 5.41 Å². The molecule has 1 aromatic rings. The standard InChI is InChI=1S/C10H15N3O2/c1-10(2,3)9(15)5-8(14)7-6-13(4)12-11-7/h6H,5H2,1-4H3. The van der Waals surface area contributed by atoms with Crippen LogP contribution in [0.25, 0.3) is 0 Å². The van der Waals surface area contributed by atoms with Gasteiger partial charge in [-0.05, 0) is 0 Å². The summed E-state index contributed by atoms with van der Waals surface area (Å²) in [6.45, 7) is 5.37. The van der Waals surface area contributed by atoms with Crippen LogP contribution >= 0.6 is 0 Å². The summed E-state index contributed by atoms with van der Waals surface area (Å²) in [4.78, 5) is 23.2. The van der Waals surface area contributed by atoms with Crippen LogP contribution in [0.4, 0.5) is 0 Å². The minimum Gasteiger partial charge on any atom is -0.299 e. The summed E-state index contributed by atoms with van der Waals surface area (Å²) in [5.74, 6) is -0.360. The normalized spacial score (nSPS) is 11.5. The third kappa shape index (κ3) is 2.97. The van der Waals surface area contributed by atoms with Gasteiger partial charge in [-0.25, -0.2) is 0 Å². The SMILES string of the molecule is Cn1cc(C(=O)CC(=O)C(C)(C)C)nn1. The average molecular weight is 209 g/mol. The Labute approximate surface area is 88.5 Å². The fourth-order valence-electron chi connectivity index (χ4n) is 0.977. The van der Waals surface area contributed by atoms with Gasteiger partial charge in [0.15, 0.2) is 5.78 Å². The molecule has 0 atom stereocenters. The lowest BCUT2D eigenvalue weighted by molar-refractivity contribution is -0.125. The molecular weight excluding hydrogens is 194 g/mol. The van der Waals surface area contributed by atoms with Crippen LogP contribution in [0.3, 0.4) is 0 Å². The lowest BCUT2D eigenvalue weighted by atomic mass is 9.88. The molecule has 0 saturated carbocycles. The van der Waals surface area contributed by atoms with E-state index in [2.05, 4.69) is 10.3 Å². The zero-order valence-electron chi connectivity index (χ0n) is 9.44. The number of ketones is 2. The first-order chi connectivity index (χ1) is 6.80. The summed E-state index contributed by atoms with van der Waals surface area (Å²) in [5, 5.41) is 7.30. The largest absolute Gasteiger partial charge is 0.299 e. The highest BCUT2D eigenvalue weighted by molar-refractivity contribution is 6.08. The molecule has 1 aromatic heterocycles. The van der Waals surface area contributed by atoms with Gasteiger partial charge in [0.05, 0.1) is 12.6 Å². The molecule has 0 fully saturated rings. The van der Waals surface area contributed by atoms with E-state index in [1.807, 2.05) is 0 Å². The summed E-state index contributed by atoms with van der Waals surface area (Å²) < 4.78 is 1.44. The van der Waals surface area contributed by atoms with Gasteiger partial charge in [-0.1, -0.05) is 26.0 Å². The van der Waals surface area contributed by atoms with Crippen molar-refractivity contribution in [2.45, 2.75) is 27.2 Å². The summed E-state index contributed by atoms with van der Waals surface area (Å²) in [7, 11) is 1.68. The highest BCUT2D eigenvalue weighted by atomic mass is 16.1. The van der Waals surface area contributed by atoms with Crippen LogP contribution in [0.5, 0.6) is 0 Å². The van der Waals surface area contributed by atoms with Gasteiger partial charge in [0.2, 0.25) is 0 Å². The van der Waals surface area contributed by atoms with E-state index in [4.69, 9.17) is 0 Å². The van der Waals surface area contributed by atoms with Crippen LogP contribution in [0.2, 0.25) is 0 Å². The number of hydrogen-bond donors (Lipinski definition) is 0. The maximum atomic E-state index is 11.6. The van der Waals surface area contributed by atoms with E-state index in [1.165, 1.54) is 10.9 Å². The molecule has 0 aliphatic carbocycles. The first kappa shape index (κ1) is 11.6. The average Bonchev–Trinajstić information content (AvgIpc) is 2.50. The molecule has 15 heavy (non-hydrogen) atoms. The van der Waals surface area contributed by atoms with Crippen molar-refractivity contribution >= 4 is 11.6 Å². The molecule has 0 unspecified atom stereocenters. The molecule has 0 spiro atoms. The molecular formula is C10H15N3O2. The zero-order chi connectivity index (χ0) is 11.6. The second-order valence-electron chi connectivity index (χ2n) is 4.55. The number of rotatable bonds is 3. The molecule has 0 bridgehead atoms. The molecule has 0 aromatic carbocycles. The van der Waals surface area contributed by atoms with Crippen LogP contribution < -0.4 is 0 Å². The number of aromatic nitrogens is 3. The second-order valence-corrected chi connectivity index (χ2v) is 4.55. The highest BCUT2D eigenvalue weighted by Crippen LogP contribution is 2.17. The predicted octanol–water partition coefficient (Wildman–Crippen LogP) is 1.00. The van der Waals surface area contributed by atoms with Crippen LogP contribution in [0.15, 0.2) is 6.20 Å². The van der Waals surface area contributed by atoms with Gasteiger partial charge >= 0.3 is 0 Å². The second kappa shape index (κ2) is 3.92. The van der Waals surface area contributed by atoms with Crippen molar-refractivity contribution in [2.24, 2.45) is 12.5 Å². The van der Waals surface area contributed by atoms with Gasteiger partial charge in [-0.3, -0.25) is 14.3 Å². The minimum atomic E-state index is -0.488. The maximum absolute atomic E-state index is 11.6. The van der Waals surface area contributed by atoms with Crippen LogP contribution in [0.1, 0.15) is 37.7 Å². The van der Waals surface area contributed by atoms with Crippen molar-refractivity contribution in [2.75, 3.05) is 0 Å². The lowest BCUT2D eigenvalue weighted by Crippen LogP contribution is -2.23. The summed E-state index contributed by atoms with van der Waals surface area (Å²) >= 11 is 0. The summed E-state index contributed by atoms with van der Waals surface area (Å²) in [6.07, 6.45) is 1.40. The van der Waals surface area contributed by atoms with Crippen molar-refractivity contribution in [3.8, 4) is 0 Å². The predicted molar refractivity (Wildman–Crippen MR) is 54.4 cm³/mol. The molecule has 0 radical (unpaired) electrons. The Morgan fingerprint density at radius 1 is 1.40 bits per heavy atom. The van der Waals surface area contributed by atoms with Crippen molar-refractivity contribution in [3.05, 3.63) is 11.9 Å². The molecule has 0 N–H and O–H groups in total. The first-order valence-electron chi connectivity index (χ1n) is 4.73. The van der Waals surface area contributed by atoms with E-state index in [0.29, 0.717) is 0 Å². The Hall–Kier alpha value is -1.52. The van der Waals surface area contributed by atoms with Crippen molar-refractivity contribution in [1.82, 2.24) is 15.0 Å². The van der Waals surface area contributed by atoms with Gasteiger partial charge in [-0.2, -0.15) is 0 Å². The molecule has 5 nitrogen and oxygen atoms in total. The molecule has 5 heteroatoms. The smallest absolute Gasteiger partial charge is 0.192 e. The van der Waals surface area contributed by atoms with Crippen molar-refractivity contribution in [1.29, 1.82) is 0 Å². The Kier molecular flexibility index (Phi) is 3.02. The number of carbonyl (C=O) groups is 2. The molecule has 82 valence electrons. The maximum Gasteiger partial charge on any atom is 0.192 e. The number of aryl methyl sites for hydroxylation is 1. The Bertz CT molecular complexity index is 388.